The van der Waals surface area contributed by atoms with Crippen molar-refractivity contribution >= 4 is 29.7 Å². The monoisotopic (exact) mass is 418 g/mol. The van der Waals surface area contributed by atoms with Crippen LogP contribution >= 0.6 is 0 Å². The average molecular weight is 418 g/mol. The van der Waals surface area contributed by atoms with Crippen LogP contribution in [0.2, 0.25) is 0 Å². The molecule has 8 nitrogen and oxygen atoms in total. The molecule has 30 heavy (non-hydrogen) atoms. The van der Waals surface area contributed by atoms with Crippen LogP contribution in [0.15, 0.2) is 24.3 Å². The van der Waals surface area contributed by atoms with Crippen molar-refractivity contribution in [2.24, 2.45) is 5.92 Å². The Balaban J connectivity index is 2.67. The van der Waals surface area contributed by atoms with Crippen molar-refractivity contribution in [3.63, 3.8) is 0 Å². The molecule has 4 amide bonds. The molecule has 1 aromatic carbocycles. The molecule has 1 atom stereocenters. The SMILES string of the molecule is CC(C)[C@H]1C(=O)N(C(=O)OC(C)(C)C)c2ccccc2C(=O)N1C(=O)OC(C)(C)C. The molecule has 1 heterocycles. The van der Waals surface area contributed by atoms with E-state index in [1.165, 1.54) is 12.1 Å². The van der Waals surface area contributed by atoms with Gasteiger partial charge in [0.15, 0.2) is 0 Å². The lowest BCUT2D eigenvalue weighted by Crippen LogP contribution is -2.56. The Morgan fingerprint density at radius 1 is 0.900 bits per heavy atom. The Bertz CT molecular complexity index is 863. The van der Waals surface area contributed by atoms with E-state index in [1.807, 2.05) is 0 Å². The van der Waals surface area contributed by atoms with Gasteiger partial charge in [-0.05, 0) is 59.6 Å². The summed E-state index contributed by atoms with van der Waals surface area (Å²) in [7, 11) is 0. The lowest BCUT2D eigenvalue weighted by atomic mass is 10.0. The molecule has 0 saturated heterocycles. The number of hydrogen-bond donors (Lipinski definition) is 0. The number of carbonyl (C=O) groups is 4. The molecule has 0 saturated carbocycles. The van der Waals surface area contributed by atoms with E-state index in [1.54, 1.807) is 67.5 Å². The van der Waals surface area contributed by atoms with Crippen molar-refractivity contribution in [1.29, 1.82) is 0 Å². The van der Waals surface area contributed by atoms with Gasteiger partial charge in [0, 0.05) is 0 Å². The van der Waals surface area contributed by atoms with E-state index in [2.05, 4.69) is 0 Å². The zero-order chi connectivity index (χ0) is 23.0. The van der Waals surface area contributed by atoms with Crippen LogP contribution in [0.4, 0.5) is 15.3 Å². The molecule has 0 N–H and O–H groups in total. The topological polar surface area (TPSA) is 93.2 Å². The maximum absolute atomic E-state index is 13.5. The summed E-state index contributed by atoms with van der Waals surface area (Å²) in [5.41, 5.74) is -1.64. The van der Waals surface area contributed by atoms with Gasteiger partial charge in [-0.1, -0.05) is 26.0 Å². The minimum Gasteiger partial charge on any atom is -0.443 e. The van der Waals surface area contributed by atoms with Crippen LogP contribution in [0.25, 0.3) is 0 Å². The van der Waals surface area contributed by atoms with Crippen molar-refractivity contribution in [1.82, 2.24) is 4.90 Å². The van der Waals surface area contributed by atoms with Gasteiger partial charge in [0.25, 0.3) is 11.8 Å². The Morgan fingerprint density at radius 2 is 1.40 bits per heavy atom. The first-order chi connectivity index (χ1) is 13.6. The van der Waals surface area contributed by atoms with Crippen molar-refractivity contribution in [3.05, 3.63) is 29.8 Å². The van der Waals surface area contributed by atoms with Crippen LogP contribution in [-0.2, 0) is 14.3 Å². The fourth-order valence-corrected chi connectivity index (χ4v) is 3.05. The minimum absolute atomic E-state index is 0.0331. The summed E-state index contributed by atoms with van der Waals surface area (Å²) in [5.74, 6) is -1.92. The zero-order valence-electron chi connectivity index (χ0n) is 18.8. The summed E-state index contributed by atoms with van der Waals surface area (Å²) in [6.07, 6.45) is -1.86. The van der Waals surface area contributed by atoms with Gasteiger partial charge in [0.2, 0.25) is 0 Å². The van der Waals surface area contributed by atoms with Gasteiger partial charge in [-0.3, -0.25) is 9.59 Å². The summed E-state index contributed by atoms with van der Waals surface area (Å²) in [4.78, 5) is 54.5. The molecule has 1 aliphatic heterocycles. The Labute approximate surface area is 177 Å². The second-order valence-corrected chi connectivity index (χ2v) is 9.52. The molecule has 8 heteroatoms. The second kappa shape index (κ2) is 8.08. The number of nitrogens with zero attached hydrogens (tertiary/aromatic N) is 2. The molecule has 0 radical (unpaired) electrons. The first-order valence-electron chi connectivity index (χ1n) is 9.86. The number of imide groups is 2. The minimum atomic E-state index is -1.24. The predicted octanol–water partition coefficient (Wildman–Crippen LogP) is 4.37. The van der Waals surface area contributed by atoms with Crippen LogP contribution < -0.4 is 4.90 Å². The first kappa shape index (κ1) is 23.4. The Kier molecular flexibility index (Phi) is 6.30. The van der Waals surface area contributed by atoms with Gasteiger partial charge in [-0.15, -0.1) is 0 Å². The second-order valence-electron chi connectivity index (χ2n) is 9.52. The summed E-state index contributed by atoms with van der Waals surface area (Å²) >= 11 is 0. The highest BCUT2D eigenvalue weighted by Crippen LogP contribution is 2.32. The quantitative estimate of drug-likeness (QED) is 0.672. The van der Waals surface area contributed by atoms with E-state index >= 15 is 0 Å². The molecule has 1 aliphatic rings. The summed E-state index contributed by atoms with van der Waals surface area (Å²) < 4.78 is 10.8. The molecular weight excluding hydrogens is 388 g/mol. The Hall–Kier alpha value is -2.90. The number of para-hydroxylation sites is 1. The third kappa shape index (κ3) is 4.98. The molecule has 164 valence electrons. The van der Waals surface area contributed by atoms with E-state index < -0.39 is 47.2 Å². The van der Waals surface area contributed by atoms with Gasteiger partial charge < -0.3 is 9.47 Å². The van der Waals surface area contributed by atoms with Crippen LogP contribution in [0.5, 0.6) is 0 Å². The first-order valence-corrected chi connectivity index (χ1v) is 9.86. The molecular formula is C22H30N2O6. The molecule has 0 spiro atoms. The standard InChI is InChI=1S/C22H30N2O6/c1-13(2)16-18(26)23(19(27)29-21(3,4)5)15-12-10-9-11-14(15)17(25)24(16)20(28)30-22(6,7)8/h9-13,16H,1-8H3/t16-/m0/s1. The summed E-state index contributed by atoms with van der Waals surface area (Å²) in [5, 5.41) is 0. The van der Waals surface area contributed by atoms with Gasteiger partial charge in [0.05, 0.1) is 11.3 Å². The van der Waals surface area contributed by atoms with Crippen molar-refractivity contribution in [2.45, 2.75) is 72.6 Å². The van der Waals surface area contributed by atoms with E-state index in [9.17, 15) is 19.2 Å². The smallest absolute Gasteiger partial charge is 0.421 e. The highest BCUT2D eigenvalue weighted by molar-refractivity contribution is 6.23. The van der Waals surface area contributed by atoms with Gasteiger partial charge in [-0.25, -0.2) is 19.4 Å². The number of ether oxygens (including phenoxy) is 2. The summed E-state index contributed by atoms with van der Waals surface area (Å²) in [6, 6.07) is 4.89. The van der Waals surface area contributed by atoms with E-state index in [0.717, 1.165) is 9.80 Å². The van der Waals surface area contributed by atoms with Crippen LogP contribution in [0.1, 0.15) is 65.7 Å². The zero-order valence-corrected chi connectivity index (χ0v) is 18.8. The third-order valence-electron chi connectivity index (χ3n) is 4.14. The third-order valence-corrected chi connectivity index (χ3v) is 4.14. The van der Waals surface area contributed by atoms with Crippen LogP contribution in [0.3, 0.4) is 0 Å². The maximum Gasteiger partial charge on any atom is 0.421 e. The fraction of sp³-hybridized carbons (Fsp3) is 0.545. The average Bonchev–Trinajstić information content (AvgIpc) is 2.65. The molecule has 0 bridgehead atoms. The molecule has 0 fully saturated rings. The number of benzene rings is 1. The lowest BCUT2D eigenvalue weighted by Gasteiger charge is -2.33. The number of carbonyl (C=O) groups excluding carboxylic acids is 4. The molecule has 1 aromatic rings. The van der Waals surface area contributed by atoms with Crippen molar-refractivity contribution in [2.75, 3.05) is 4.90 Å². The highest BCUT2D eigenvalue weighted by Gasteiger charge is 2.48. The normalized spacial score (nSPS) is 17.6. The lowest BCUT2D eigenvalue weighted by molar-refractivity contribution is -0.124. The van der Waals surface area contributed by atoms with Crippen molar-refractivity contribution in [3.8, 4) is 0 Å². The van der Waals surface area contributed by atoms with E-state index in [-0.39, 0.29) is 11.3 Å². The maximum atomic E-state index is 13.5. The number of rotatable bonds is 1. The van der Waals surface area contributed by atoms with Crippen molar-refractivity contribution < 1.29 is 28.7 Å². The highest BCUT2D eigenvalue weighted by atomic mass is 16.6. The number of amides is 4. The molecule has 0 aliphatic carbocycles. The number of hydrogen-bond acceptors (Lipinski definition) is 6. The fourth-order valence-electron chi connectivity index (χ4n) is 3.05. The van der Waals surface area contributed by atoms with Gasteiger partial charge in [-0.2, -0.15) is 0 Å². The van der Waals surface area contributed by atoms with Crippen LogP contribution in [-0.4, -0.2) is 46.1 Å². The largest absolute Gasteiger partial charge is 0.443 e. The predicted molar refractivity (Wildman–Crippen MR) is 111 cm³/mol. The van der Waals surface area contributed by atoms with E-state index in [0.29, 0.717) is 0 Å². The molecule has 2 rings (SSSR count). The van der Waals surface area contributed by atoms with Crippen LogP contribution in [0, 0.1) is 5.92 Å². The van der Waals surface area contributed by atoms with E-state index in [4.69, 9.17) is 9.47 Å². The molecule has 0 aromatic heterocycles. The number of anilines is 1. The van der Waals surface area contributed by atoms with Gasteiger partial charge in [0.1, 0.15) is 17.2 Å². The van der Waals surface area contributed by atoms with Gasteiger partial charge >= 0.3 is 12.2 Å². The Morgan fingerprint density at radius 3 is 1.90 bits per heavy atom. The molecule has 0 unspecified atom stereocenters. The summed E-state index contributed by atoms with van der Waals surface area (Å²) in [6.45, 7) is 13.4. The number of fused-ring (bicyclic) bond motifs is 1.